The van der Waals surface area contributed by atoms with Gasteiger partial charge in [-0.05, 0) is 63.2 Å². The molecule has 25 heavy (non-hydrogen) atoms. The van der Waals surface area contributed by atoms with Crippen molar-refractivity contribution in [2.45, 2.75) is 69.4 Å². The Morgan fingerprint density at radius 1 is 1.24 bits per heavy atom. The van der Waals surface area contributed by atoms with Crippen molar-refractivity contribution in [3.8, 4) is 0 Å². The van der Waals surface area contributed by atoms with Crippen molar-refractivity contribution in [1.82, 2.24) is 4.90 Å². The van der Waals surface area contributed by atoms with Crippen LogP contribution in [0.2, 0.25) is 0 Å². The molecule has 0 aromatic rings. The molecule has 3 aliphatic heterocycles. The smallest absolute Gasteiger partial charge is 0.309 e. The third-order valence-corrected chi connectivity index (χ3v) is 11.3. The topological polar surface area (TPSA) is 49.8 Å². The van der Waals surface area contributed by atoms with Gasteiger partial charge in [0.25, 0.3) is 0 Å². The van der Waals surface area contributed by atoms with Gasteiger partial charge in [-0.15, -0.1) is 0 Å². The first-order valence-corrected chi connectivity index (χ1v) is 10.7. The number of esters is 1. The van der Waals surface area contributed by atoms with Crippen molar-refractivity contribution in [3.05, 3.63) is 0 Å². The third-order valence-electron chi connectivity index (χ3n) is 11.3. The Bertz CT molecular complexity index is 724. The van der Waals surface area contributed by atoms with E-state index in [0.717, 1.165) is 32.2 Å². The van der Waals surface area contributed by atoms with Crippen LogP contribution in [0, 0.1) is 34.0 Å². The standard InChI is InChI=1S/C21H29NO3/c1-2-18-8-7-17(12-23)13-3-5-19-6-4-15-14(16(24)25-19)9-21(17,18)20(15,19)11-22(18)10-13/h13-15,23H,2-12H2,1H3/t13-,14-,15-,17-,18-,19-,20+,21-/m1/s1. The summed E-state index contributed by atoms with van der Waals surface area (Å²) in [7, 11) is 0. The zero-order valence-electron chi connectivity index (χ0n) is 15.2. The van der Waals surface area contributed by atoms with Gasteiger partial charge in [0, 0.05) is 41.5 Å². The number of piperidine rings is 1. The van der Waals surface area contributed by atoms with Crippen LogP contribution in [0.25, 0.3) is 0 Å². The summed E-state index contributed by atoms with van der Waals surface area (Å²) in [6, 6.07) is 0. The number of rotatable bonds is 2. The van der Waals surface area contributed by atoms with Crippen LogP contribution < -0.4 is 0 Å². The molecule has 4 nitrogen and oxygen atoms in total. The highest BCUT2D eigenvalue weighted by Crippen LogP contribution is 2.91. The summed E-state index contributed by atoms with van der Waals surface area (Å²) in [5.74, 6) is 1.35. The summed E-state index contributed by atoms with van der Waals surface area (Å²) in [4.78, 5) is 15.9. The first-order chi connectivity index (χ1) is 12.1. The maximum absolute atomic E-state index is 13.0. The zero-order chi connectivity index (χ0) is 16.9. The first-order valence-electron chi connectivity index (χ1n) is 10.7. The number of aliphatic hydroxyl groups is 1. The van der Waals surface area contributed by atoms with Crippen molar-refractivity contribution >= 4 is 5.97 Å². The average Bonchev–Trinajstić information content (AvgIpc) is 3.10. The number of hydrogen-bond acceptors (Lipinski definition) is 4. The Kier molecular flexibility index (Phi) is 2.13. The van der Waals surface area contributed by atoms with E-state index in [-0.39, 0.29) is 39.3 Å². The summed E-state index contributed by atoms with van der Waals surface area (Å²) in [5.41, 5.74) is 0.306. The molecule has 3 heterocycles. The van der Waals surface area contributed by atoms with Crippen LogP contribution in [0.3, 0.4) is 0 Å². The lowest BCUT2D eigenvalue weighted by molar-refractivity contribution is -0.207. The molecule has 3 saturated heterocycles. The molecule has 7 fully saturated rings. The summed E-state index contributed by atoms with van der Waals surface area (Å²) >= 11 is 0. The molecule has 1 unspecified atom stereocenters. The lowest BCUT2D eigenvalue weighted by Gasteiger charge is -2.61. The fourth-order valence-corrected chi connectivity index (χ4v) is 11.1. The predicted molar refractivity (Wildman–Crippen MR) is 90.6 cm³/mol. The molecule has 9 bridgehead atoms. The molecule has 1 N–H and O–H groups in total. The van der Waals surface area contributed by atoms with Gasteiger partial charge in [0.15, 0.2) is 0 Å². The minimum atomic E-state index is -0.211. The van der Waals surface area contributed by atoms with E-state index in [1.165, 1.54) is 32.2 Å². The molecule has 0 aromatic carbocycles. The fourth-order valence-electron chi connectivity index (χ4n) is 11.1. The second-order valence-electron chi connectivity index (χ2n) is 10.6. The second kappa shape index (κ2) is 3.69. The zero-order valence-corrected chi connectivity index (χ0v) is 15.2. The van der Waals surface area contributed by atoms with Crippen molar-refractivity contribution in [3.63, 3.8) is 0 Å². The first kappa shape index (κ1) is 14.4. The summed E-state index contributed by atoms with van der Waals surface area (Å²) in [6.07, 6.45) is 9.05. The molecular formula is C21H29NO3. The number of nitrogens with zero attached hydrogens (tertiary/aromatic N) is 1. The molecule has 7 rings (SSSR count). The van der Waals surface area contributed by atoms with Crippen LogP contribution in [-0.2, 0) is 9.53 Å². The maximum Gasteiger partial charge on any atom is 0.309 e. The second-order valence-corrected chi connectivity index (χ2v) is 10.6. The number of aliphatic hydroxyl groups excluding tert-OH is 1. The van der Waals surface area contributed by atoms with Gasteiger partial charge in [-0.1, -0.05) is 6.92 Å². The lowest BCUT2D eigenvalue weighted by Crippen LogP contribution is -2.66. The van der Waals surface area contributed by atoms with Crippen LogP contribution >= 0.6 is 0 Å². The quantitative estimate of drug-likeness (QED) is 0.782. The highest BCUT2D eigenvalue weighted by Gasteiger charge is 2.94. The van der Waals surface area contributed by atoms with E-state index in [2.05, 4.69) is 11.8 Å². The molecule has 7 aliphatic rings. The van der Waals surface area contributed by atoms with Gasteiger partial charge in [0.05, 0.1) is 5.92 Å². The normalized spacial score (nSPS) is 67.7. The molecule has 0 radical (unpaired) electrons. The molecule has 4 aliphatic carbocycles. The monoisotopic (exact) mass is 343 g/mol. The van der Waals surface area contributed by atoms with Crippen LogP contribution in [0.5, 0.6) is 0 Å². The van der Waals surface area contributed by atoms with Crippen LogP contribution in [0.15, 0.2) is 0 Å². The van der Waals surface area contributed by atoms with Gasteiger partial charge in [0.2, 0.25) is 0 Å². The van der Waals surface area contributed by atoms with Crippen molar-refractivity contribution < 1.29 is 14.6 Å². The third kappa shape index (κ3) is 0.964. The maximum atomic E-state index is 13.0. The molecule has 4 heteroatoms. The molecule has 4 saturated carbocycles. The van der Waals surface area contributed by atoms with E-state index >= 15 is 0 Å². The number of ether oxygens (including phenoxy) is 1. The Labute approximate surface area is 149 Å². The molecule has 9 atom stereocenters. The van der Waals surface area contributed by atoms with Gasteiger partial charge in [-0.2, -0.15) is 0 Å². The predicted octanol–water partition coefficient (Wildman–Crippen LogP) is 2.35. The fraction of sp³-hybridized carbons (Fsp3) is 0.952. The average molecular weight is 343 g/mol. The van der Waals surface area contributed by atoms with Crippen molar-refractivity contribution in [1.29, 1.82) is 0 Å². The van der Waals surface area contributed by atoms with Crippen molar-refractivity contribution in [2.75, 3.05) is 19.7 Å². The van der Waals surface area contributed by atoms with Gasteiger partial charge in [-0.3, -0.25) is 9.69 Å². The van der Waals surface area contributed by atoms with E-state index < -0.39 is 0 Å². The highest BCUT2D eigenvalue weighted by molar-refractivity contribution is 5.78. The number of hydrogen-bond donors (Lipinski definition) is 1. The number of carbonyl (C=O) groups is 1. The van der Waals surface area contributed by atoms with E-state index in [0.29, 0.717) is 18.4 Å². The SMILES string of the molecule is CC[C@@]12CC[C@@]3(CO)[C@@H]4CC[C@@]56CC[C@@H]7[C@@H](C[C@@]31[C@@]75CN2C4)C(=O)O6. The van der Waals surface area contributed by atoms with E-state index in [4.69, 9.17) is 4.74 Å². The molecule has 136 valence electrons. The minimum absolute atomic E-state index is 0.0447. The lowest BCUT2D eigenvalue weighted by atomic mass is 9.45. The Morgan fingerprint density at radius 3 is 2.88 bits per heavy atom. The Morgan fingerprint density at radius 2 is 2.08 bits per heavy atom. The molecular weight excluding hydrogens is 314 g/mol. The van der Waals surface area contributed by atoms with Gasteiger partial charge >= 0.3 is 5.97 Å². The number of carbonyl (C=O) groups excluding carboxylic acids is 1. The van der Waals surface area contributed by atoms with Crippen LogP contribution in [0.1, 0.15) is 58.3 Å². The Hall–Kier alpha value is -0.610. The highest BCUT2D eigenvalue weighted by atomic mass is 16.6. The van der Waals surface area contributed by atoms with E-state index in [9.17, 15) is 9.90 Å². The van der Waals surface area contributed by atoms with Crippen molar-refractivity contribution in [2.24, 2.45) is 34.0 Å². The van der Waals surface area contributed by atoms with E-state index in [1.54, 1.807) is 0 Å². The van der Waals surface area contributed by atoms with E-state index in [1.807, 2.05) is 0 Å². The van der Waals surface area contributed by atoms with Crippen LogP contribution in [0.4, 0.5) is 0 Å². The molecule has 0 aromatic heterocycles. The summed E-state index contributed by atoms with van der Waals surface area (Å²) in [5, 5.41) is 10.9. The van der Waals surface area contributed by atoms with Gasteiger partial charge < -0.3 is 9.84 Å². The largest absolute Gasteiger partial charge is 0.458 e. The van der Waals surface area contributed by atoms with Gasteiger partial charge in [-0.25, -0.2) is 0 Å². The molecule has 0 amide bonds. The Balaban J connectivity index is 1.64. The minimum Gasteiger partial charge on any atom is -0.458 e. The van der Waals surface area contributed by atoms with Crippen LogP contribution in [-0.4, -0.2) is 46.8 Å². The summed E-state index contributed by atoms with van der Waals surface area (Å²) < 4.78 is 6.43. The van der Waals surface area contributed by atoms with Gasteiger partial charge in [0.1, 0.15) is 5.60 Å². The summed E-state index contributed by atoms with van der Waals surface area (Å²) in [6.45, 7) is 5.03. The molecule has 2 spiro atoms.